The fraction of sp³-hybridized carbons (Fsp3) is 0.294. The molecule has 2 rings (SSSR count). The molecule has 134 valence electrons. The summed E-state index contributed by atoms with van der Waals surface area (Å²) in [6.45, 7) is 1.10. The minimum atomic E-state index is -0.350. The summed E-state index contributed by atoms with van der Waals surface area (Å²) in [7, 11) is 4.91. The third-order valence-corrected chi connectivity index (χ3v) is 4.55. The van der Waals surface area contributed by atoms with Crippen LogP contribution in [0.25, 0.3) is 0 Å². The number of aliphatic imine (C=N–C) groups is 1. The summed E-state index contributed by atoms with van der Waals surface area (Å²) in [5.41, 5.74) is 2.48. The van der Waals surface area contributed by atoms with Gasteiger partial charge in [0.1, 0.15) is 5.15 Å². The molecule has 2 aromatic rings. The molecule has 8 heteroatoms. The number of hydrogen-bond acceptors (Lipinski definition) is 3. The number of halogens is 2. The van der Waals surface area contributed by atoms with Crippen LogP contribution in [0.5, 0.6) is 0 Å². The van der Waals surface area contributed by atoms with Gasteiger partial charge < -0.3 is 19.9 Å². The van der Waals surface area contributed by atoms with Gasteiger partial charge in [0.15, 0.2) is 5.96 Å². The van der Waals surface area contributed by atoms with Crippen LogP contribution >= 0.6 is 23.2 Å². The maximum Gasteiger partial charge on any atom is 0.337 e. The van der Waals surface area contributed by atoms with Crippen molar-refractivity contribution in [3.63, 3.8) is 0 Å². The molecular formula is C17H20Cl2N4O2. The van der Waals surface area contributed by atoms with Crippen molar-refractivity contribution >= 4 is 35.1 Å². The molecule has 0 aliphatic heterocycles. The summed E-state index contributed by atoms with van der Waals surface area (Å²) in [6.07, 6.45) is 0. The van der Waals surface area contributed by atoms with Crippen molar-refractivity contribution in [1.82, 2.24) is 15.2 Å². The van der Waals surface area contributed by atoms with Crippen molar-refractivity contribution in [1.29, 1.82) is 0 Å². The molecule has 0 fully saturated rings. The van der Waals surface area contributed by atoms with Crippen molar-refractivity contribution in [3.8, 4) is 0 Å². The molecule has 0 saturated carbocycles. The van der Waals surface area contributed by atoms with E-state index >= 15 is 0 Å². The lowest BCUT2D eigenvalue weighted by molar-refractivity contribution is 0.0600. The number of methoxy groups -OCH3 is 1. The molecular weight excluding hydrogens is 363 g/mol. The normalized spacial score (nSPS) is 11.3. The molecule has 6 nitrogen and oxygen atoms in total. The fourth-order valence-corrected chi connectivity index (χ4v) is 2.63. The lowest BCUT2D eigenvalue weighted by atomic mass is 10.1. The minimum Gasteiger partial charge on any atom is -0.465 e. The molecule has 1 aromatic heterocycles. The zero-order chi connectivity index (χ0) is 18.4. The van der Waals surface area contributed by atoms with Crippen LogP contribution in [0.1, 0.15) is 21.6 Å². The highest BCUT2D eigenvalue weighted by Gasteiger charge is 2.09. The summed E-state index contributed by atoms with van der Waals surface area (Å²) in [5.74, 6) is 0.294. The molecule has 0 saturated heterocycles. The van der Waals surface area contributed by atoms with Gasteiger partial charge in [-0.1, -0.05) is 35.3 Å². The van der Waals surface area contributed by atoms with Gasteiger partial charge in [-0.3, -0.25) is 4.99 Å². The highest BCUT2D eigenvalue weighted by molar-refractivity contribution is 6.41. The Hall–Kier alpha value is -2.18. The van der Waals surface area contributed by atoms with Gasteiger partial charge in [-0.2, -0.15) is 0 Å². The molecule has 1 aromatic carbocycles. The average molecular weight is 383 g/mol. The molecule has 1 heterocycles. The molecule has 0 spiro atoms. The molecule has 0 aliphatic rings. The summed E-state index contributed by atoms with van der Waals surface area (Å²) in [5, 5.41) is 7.44. The van der Waals surface area contributed by atoms with Gasteiger partial charge in [0.05, 0.1) is 24.2 Å². The van der Waals surface area contributed by atoms with E-state index < -0.39 is 0 Å². The van der Waals surface area contributed by atoms with Crippen LogP contribution in [-0.2, 0) is 24.9 Å². The Morgan fingerprint density at radius 1 is 1.20 bits per heavy atom. The minimum absolute atomic E-state index is 0.350. The van der Waals surface area contributed by atoms with E-state index in [2.05, 4.69) is 20.4 Å². The van der Waals surface area contributed by atoms with Gasteiger partial charge >= 0.3 is 5.97 Å². The Labute approximate surface area is 156 Å². The second-order valence-electron chi connectivity index (χ2n) is 5.30. The first-order valence-corrected chi connectivity index (χ1v) is 8.33. The van der Waals surface area contributed by atoms with Crippen molar-refractivity contribution in [2.75, 3.05) is 14.2 Å². The number of benzene rings is 1. The number of esters is 1. The Balaban J connectivity index is 1.90. The Morgan fingerprint density at radius 3 is 2.36 bits per heavy atom. The maximum absolute atomic E-state index is 11.4. The number of carbonyl (C=O) groups is 1. The maximum atomic E-state index is 11.4. The smallest absolute Gasteiger partial charge is 0.337 e. The fourth-order valence-electron chi connectivity index (χ4n) is 2.22. The van der Waals surface area contributed by atoms with E-state index in [0.29, 0.717) is 34.8 Å². The average Bonchev–Trinajstić information content (AvgIpc) is 2.88. The quantitative estimate of drug-likeness (QED) is 0.473. The molecule has 0 unspecified atom stereocenters. The van der Waals surface area contributed by atoms with Gasteiger partial charge in [0.25, 0.3) is 0 Å². The topological polar surface area (TPSA) is 67.7 Å². The van der Waals surface area contributed by atoms with Crippen molar-refractivity contribution in [2.24, 2.45) is 12.0 Å². The van der Waals surface area contributed by atoms with E-state index in [-0.39, 0.29) is 5.97 Å². The molecule has 25 heavy (non-hydrogen) atoms. The van der Waals surface area contributed by atoms with Gasteiger partial charge in [-0.05, 0) is 23.8 Å². The van der Waals surface area contributed by atoms with E-state index in [1.165, 1.54) is 7.11 Å². The zero-order valence-corrected chi connectivity index (χ0v) is 15.8. The van der Waals surface area contributed by atoms with Crippen LogP contribution in [0, 0.1) is 0 Å². The van der Waals surface area contributed by atoms with Gasteiger partial charge in [0.2, 0.25) is 0 Å². The SMILES string of the molecule is CN=C(NCc1ccc(C(=O)OC)cc1)NCc1cc(Cl)c(Cl)n1C. The van der Waals surface area contributed by atoms with Gasteiger partial charge in [-0.25, -0.2) is 4.79 Å². The highest BCUT2D eigenvalue weighted by atomic mass is 35.5. The van der Waals surface area contributed by atoms with E-state index in [4.69, 9.17) is 23.2 Å². The highest BCUT2D eigenvalue weighted by Crippen LogP contribution is 2.24. The number of guanidine groups is 1. The van der Waals surface area contributed by atoms with Crippen molar-refractivity contribution in [3.05, 3.63) is 57.3 Å². The molecule has 0 atom stereocenters. The molecule has 0 bridgehead atoms. The van der Waals surface area contributed by atoms with E-state index in [0.717, 1.165) is 11.3 Å². The number of nitrogens with one attached hydrogen (secondary N) is 2. The number of aromatic nitrogens is 1. The van der Waals surface area contributed by atoms with Crippen LogP contribution in [0.15, 0.2) is 35.3 Å². The summed E-state index contributed by atoms with van der Waals surface area (Å²) < 4.78 is 6.50. The monoisotopic (exact) mass is 382 g/mol. The van der Waals surface area contributed by atoms with Gasteiger partial charge in [-0.15, -0.1) is 0 Å². The predicted molar refractivity (Wildman–Crippen MR) is 100 cm³/mol. The van der Waals surface area contributed by atoms with Crippen molar-refractivity contribution in [2.45, 2.75) is 13.1 Å². The number of rotatable bonds is 5. The molecule has 0 amide bonds. The van der Waals surface area contributed by atoms with Crippen molar-refractivity contribution < 1.29 is 9.53 Å². The van der Waals surface area contributed by atoms with Crippen LogP contribution < -0.4 is 10.6 Å². The number of nitrogens with zero attached hydrogens (tertiary/aromatic N) is 2. The lowest BCUT2D eigenvalue weighted by Gasteiger charge is -2.12. The van der Waals surface area contributed by atoms with Gasteiger partial charge in [0, 0.05) is 26.3 Å². The van der Waals surface area contributed by atoms with Crippen LogP contribution in [0.3, 0.4) is 0 Å². The molecule has 0 radical (unpaired) electrons. The zero-order valence-electron chi connectivity index (χ0n) is 14.3. The number of hydrogen-bond donors (Lipinski definition) is 2. The second-order valence-corrected chi connectivity index (χ2v) is 6.07. The Kier molecular flexibility index (Phi) is 6.73. The van der Waals surface area contributed by atoms with E-state index in [1.54, 1.807) is 19.2 Å². The summed E-state index contributed by atoms with van der Waals surface area (Å²) in [6, 6.07) is 9.00. The molecule has 2 N–H and O–H groups in total. The first kappa shape index (κ1) is 19.1. The van der Waals surface area contributed by atoms with E-state index in [1.807, 2.05) is 29.8 Å². The number of carbonyl (C=O) groups excluding carboxylic acids is 1. The van der Waals surface area contributed by atoms with Crippen LogP contribution in [0.4, 0.5) is 0 Å². The second kappa shape index (κ2) is 8.78. The first-order chi connectivity index (χ1) is 12.0. The standard InChI is InChI=1S/C17H20Cl2N4O2/c1-20-17(22-10-13-8-14(18)15(19)23(13)2)21-9-11-4-6-12(7-5-11)16(24)25-3/h4-8H,9-10H2,1-3H3,(H2,20,21,22). The third-order valence-electron chi connectivity index (χ3n) is 3.71. The van der Waals surface area contributed by atoms with Crippen LogP contribution in [-0.4, -0.2) is 30.7 Å². The number of ether oxygens (including phenoxy) is 1. The predicted octanol–water partition coefficient (Wildman–Crippen LogP) is 2.98. The third kappa shape index (κ3) is 4.90. The summed E-state index contributed by atoms with van der Waals surface area (Å²) >= 11 is 12.1. The Morgan fingerprint density at radius 2 is 1.84 bits per heavy atom. The summed E-state index contributed by atoms with van der Waals surface area (Å²) in [4.78, 5) is 15.6. The largest absolute Gasteiger partial charge is 0.465 e. The lowest BCUT2D eigenvalue weighted by Crippen LogP contribution is -2.36. The molecule has 0 aliphatic carbocycles. The first-order valence-electron chi connectivity index (χ1n) is 7.57. The van der Waals surface area contributed by atoms with E-state index in [9.17, 15) is 4.79 Å². The van der Waals surface area contributed by atoms with Crippen LogP contribution in [0.2, 0.25) is 10.2 Å². The Bertz CT molecular complexity index is 770.